The lowest BCUT2D eigenvalue weighted by molar-refractivity contribution is -0.136. The van der Waals surface area contributed by atoms with Crippen LogP contribution in [-0.2, 0) is 16.1 Å². The molecule has 1 saturated heterocycles. The largest absolute Gasteiger partial charge is 0.353 e. The van der Waals surface area contributed by atoms with Crippen molar-refractivity contribution in [2.24, 2.45) is 5.92 Å². The van der Waals surface area contributed by atoms with E-state index in [9.17, 15) is 9.59 Å². The normalized spacial score (nSPS) is 20.7. The Hall–Kier alpha value is -2.30. The van der Waals surface area contributed by atoms with Crippen molar-refractivity contribution in [2.75, 3.05) is 13.1 Å². The summed E-state index contributed by atoms with van der Waals surface area (Å²) >= 11 is 0. The van der Waals surface area contributed by atoms with Crippen molar-refractivity contribution >= 4 is 22.7 Å². The molecular formula is C20H25N3O2. The highest BCUT2D eigenvalue weighted by atomic mass is 16.2. The Labute approximate surface area is 148 Å². The predicted molar refractivity (Wildman–Crippen MR) is 97.1 cm³/mol. The summed E-state index contributed by atoms with van der Waals surface area (Å²) in [5.41, 5.74) is 2.18. The number of hydrogen-bond donors (Lipinski definition) is 1. The number of benzene rings is 1. The molecule has 0 spiro atoms. The van der Waals surface area contributed by atoms with Gasteiger partial charge in [0.05, 0.1) is 5.92 Å². The number of carbonyl (C=O) groups is 2. The van der Waals surface area contributed by atoms with E-state index in [-0.39, 0.29) is 17.7 Å². The van der Waals surface area contributed by atoms with E-state index in [0.29, 0.717) is 19.1 Å². The first-order valence-corrected chi connectivity index (χ1v) is 9.25. The van der Waals surface area contributed by atoms with E-state index in [4.69, 9.17) is 0 Å². The lowest BCUT2D eigenvalue weighted by Crippen LogP contribution is -2.46. The smallest absolute Gasteiger partial charge is 0.242 e. The minimum absolute atomic E-state index is 0.0548. The van der Waals surface area contributed by atoms with Crippen molar-refractivity contribution in [1.82, 2.24) is 14.8 Å². The van der Waals surface area contributed by atoms with E-state index in [1.54, 1.807) is 0 Å². The van der Waals surface area contributed by atoms with Crippen LogP contribution in [0.25, 0.3) is 10.9 Å². The average Bonchev–Trinajstić information content (AvgIpc) is 3.38. The maximum atomic E-state index is 12.8. The molecule has 25 heavy (non-hydrogen) atoms. The van der Waals surface area contributed by atoms with Crippen LogP contribution < -0.4 is 5.32 Å². The number of nitrogens with one attached hydrogen (secondary N) is 1. The van der Waals surface area contributed by atoms with Gasteiger partial charge >= 0.3 is 0 Å². The Kier molecular flexibility index (Phi) is 4.24. The SMILES string of the molecule is Cc1cc2ccccc2n1CC(=O)N1CCCC(C(=O)NC2CC2)C1. The van der Waals surface area contributed by atoms with Crippen LogP contribution in [0.3, 0.4) is 0 Å². The second kappa shape index (κ2) is 6.54. The maximum Gasteiger partial charge on any atom is 0.242 e. The zero-order valence-corrected chi connectivity index (χ0v) is 14.7. The number of aromatic nitrogens is 1. The molecule has 1 saturated carbocycles. The van der Waals surface area contributed by atoms with E-state index in [1.165, 1.54) is 0 Å². The summed E-state index contributed by atoms with van der Waals surface area (Å²) in [4.78, 5) is 27.0. The minimum atomic E-state index is -0.0548. The van der Waals surface area contributed by atoms with Gasteiger partial charge < -0.3 is 14.8 Å². The van der Waals surface area contributed by atoms with Crippen molar-refractivity contribution in [3.05, 3.63) is 36.0 Å². The molecule has 1 atom stereocenters. The van der Waals surface area contributed by atoms with Gasteiger partial charge in [-0.3, -0.25) is 9.59 Å². The average molecular weight is 339 g/mol. The quantitative estimate of drug-likeness (QED) is 0.930. The predicted octanol–water partition coefficient (Wildman–Crippen LogP) is 2.47. The fourth-order valence-corrected chi connectivity index (χ4v) is 3.76. The number of fused-ring (bicyclic) bond motifs is 1. The van der Waals surface area contributed by atoms with E-state index < -0.39 is 0 Å². The van der Waals surface area contributed by atoms with Gasteiger partial charge in [-0.1, -0.05) is 18.2 Å². The second-order valence-corrected chi connectivity index (χ2v) is 7.39. The van der Waals surface area contributed by atoms with E-state index in [0.717, 1.165) is 48.8 Å². The first kappa shape index (κ1) is 16.2. The number of nitrogens with zero attached hydrogens (tertiary/aromatic N) is 2. The Morgan fingerprint density at radius 2 is 2.00 bits per heavy atom. The first-order chi connectivity index (χ1) is 12.1. The third-order valence-corrected chi connectivity index (χ3v) is 5.38. The number of likely N-dealkylation sites (tertiary alicyclic amines) is 1. The molecule has 2 heterocycles. The molecule has 1 aliphatic carbocycles. The fraction of sp³-hybridized carbons (Fsp3) is 0.500. The van der Waals surface area contributed by atoms with Crippen LogP contribution in [0.15, 0.2) is 30.3 Å². The Balaban J connectivity index is 1.44. The van der Waals surface area contributed by atoms with Crippen LogP contribution in [0, 0.1) is 12.8 Å². The highest BCUT2D eigenvalue weighted by molar-refractivity contribution is 5.85. The molecule has 2 amide bonds. The Bertz CT molecular complexity index is 806. The molecule has 1 aromatic heterocycles. The monoisotopic (exact) mass is 339 g/mol. The Morgan fingerprint density at radius 3 is 2.80 bits per heavy atom. The Morgan fingerprint density at radius 1 is 1.20 bits per heavy atom. The molecule has 1 N–H and O–H groups in total. The van der Waals surface area contributed by atoms with Gasteiger partial charge in [0.25, 0.3) is 0 Å². The van der Waals surface area contributed by atoms with Crippen LogP contribution in [0.4, 0.5) is 0 Å². The molecule has 5 nitrogen and oxygen atoms in total. The fourth-order valence-electron chi connectivity index (χ4n) is 3.76. The van der Waals surface area contributed by atoms with Crippen molar-refractivity contribution in [3.63, 3.8) is 0 Å². The summed E-state index contributed by atoms with van der Waals surface area (Å²) in [7, 11) is 0. The van der Waals surface area contributed by atoms with Crippen LogP contribution in [-0.4, -0.2) is 40.4 Å². The molecule has 2 aromatic rings. The first-order valence-electron chi connectivity index (χ1n) is 9.25. The molecule has 1 aromatic carbocycles. The number of carbonyl (C=O) groups excluding carboxylic acids is 2. The third-order valence-electron chi connectivity index (χ3n) is 5.38. The summed E-state index contributed by atoms with van der Waals surface area (Å²) in [5.74, 6) is 0.178. The molecular weight excluding hydrogens is 314 g/mol. The summed E-state index contributed by atoms with van der Waals surface area (Å²) in [6, 6.07) is 10.6. The molecule has 132 valence electrons. The van der Waals surface area contributed by atoms with Crippen LogP contribution in [0.1, 0.15) is 31.4 Å². The van der Waals surface area contributed by atoms with Gasteiger partial charge in [0, 0.05) is 30.3 Å². The summed E-state index contributed by atoms with van der Waals surface area (Å²) in [6.45, 7) is 3.69. The summed E-state index contributed by atoms with van der Waals surface area (Å²) in [5, 5.41) is 4.24. The van der Waals surface area contributed by atoms with Crippen molar-refractivity contribution in [3.8, 4) is 0 Å². The molecule has 0 radical (unpaired) electrons. The van der Waals surface area contributed by atoms with E-state index >= 15 is 0 Å². The number of amides is 2. The van der Waals surface area contributed by atoms with Gasteiger partial charge in [0.1, 0.15) is 6.54 Å². The minimum Gasteiger partial charge on any atom is -0.353 e. The van der Waals surface area contributed by atoms with Crippen LogP contribution in [0.5, 0.6) is 0 Å². The molecule has 5 heteroatoms. The van der Waals surface area contributed by atoms with Crippen molar-refractivity contribution in [1.29, 1.82) is 0 Å². The topological polar surface area (TPSA) is 54.3 Å². The second-order valence-electron chi connectivity index (χ2n) is 7.39. The van der Waals surface area contributed by atoms with Crippen molar-refractivity contribution < 1.29 is 9.59 Å². The van der Waals surface area contributed by atoms with Crippen molar-refractivity contribution in [2.45, 2.75) is 45.2 Å². The van der Waals surface area contributed by atoms with E-state index in [2.05, 4.69) is 28.1 Å². The molecule has 0 bridgehead atoms. The number of hydrogen-bond acceptors (Lipinski definition) is 2. The highest BCUT2D eigenvalue weighted by Gasteiger charge is 2.32. The molecule has 2 fully saturated rings. The van der Waals surface area contributed by atoms with Gasteiger partial charge in [0.15, 0.2) is 0 Å². The lowest BCUT2D eigenvalue weighted by atomic mass is 9.97. The number of aryl methyl sites for hydroxylation is 1. The number of para-hydroxylation sites is 1. The van der Waals surface area contributed by atoms with Gasteiger partial charge in [0.2, 0.25) is 11.8 Å². The zero-order chi connectivity index (χ0) is 17.4. The van der Waals surface area contributed by atoms with Gasteiger partial charge in [-0.05, 0) is 50.1 Å². The number of rotatable bonds is 4. The summed E-state index contributed by atoms with van der Waals surface area (Å²) in [6.07, 6.45) is 3.98. The molecule has 2 aliphatic rings. The molecule has 1 unspecified atom stereocenters. The molecule has 4 rings (SSSR count). The van der Waals surface area contributed by atoms with Gasteiger partial charge in [-0.2, -0.15) is 0 Å². The zero-order valence-electron chi connectivity index (χ0n) is 14.7. The van der Waals surface area contributed by atoms with E-state index in [1.807, 2.05) is 24.0 Å². The van der Waals surface area contributed by atoms with Crippen LogP contribution in [0.2, 0.25) is 0 Å². The van der Waals surface area contributed by atoms with Crippen LogP contribution >= 0.6 is 0 Å². The lowest BCUT2D eigenvalue weighted by Gasteiger charge is -2.32. The number of piperidine rings is 1. The standard InChI is InChI=1S/C20H25N3O2/c1-14-11-15-5-2-3-7-18(15)23(14)13-19(24)22-10-4-6-16(12-22)20(25)21-17-8-9-17/h2-3,5,7,11,16-17H,4,6,8-10,12-13H2,1H3,(H,21,25). The summed E-state index contributed by atoms with van der Waals surface area (Å²) < 4.78 is 2.07. The third kappa shape index (κ3) is 3.41. The van der Waals surface area contributed by atoms with Gasteiger partial charge in [-0.25, -0.2) is 0 Å². The maximum absolute atomic E-state index is 12.8. The van der Waals surface area contributed by atoms with Gasteiger partial charge in [-0.15, -0.1) is 0 Å². The highest BCUT2D eigenvalue weighted by Crippen LogP contribution is 2.23. The molecule has 1 aliphatic heterocycles.